The Hall–Kier alpha value is -3.93. The standard InChI is InChI=1S/C25H27FN4O6S/c1-3-29-16-23(25(28-29)35-4-2)37(33,34)30-15-18(9-12-24(31)32)36-22-11-8-17(14-21(22)30)7-10-20-19(26)6-5-13-27-20/h5-8,10-11,13-14,16,18H,3-4,9,12,15H2,1-2H3,(H,31,32)/b10-7+/t18-/m0/s1. The summed E-state index contributed by atoms with van der Waals surface area (Å²) >= 11 is 0. The van der Waals surface area contributed by atoms with Crippen molar-refractivity contribution < 1.29 is 32.2 Å². The summed E-state index contributed by atoms with van der Waals surface area (Å²) < 4.78 is 56.0. The number of ether oxygens (including phenoxy) is 2. The Kier molecular flexibility index (Phi) is 7.77. The number of benzene rings is 1. The van der Waals surface area contributed by atoms with E-state index < -0.39 is 27.9 Å². The number of carboxylic acid groups (broad SMARTS) is 1. The summed E-state index contributed by atoms with van der Waals surface area (Å²) in [6, 6.07) is 7.71. The molecule has 1 aliphatic heterocycles. The lowest BCUT2D eigenvalue weighted by atomic mass is 10.1. The zero-order valence-electron chi connectivity index (χ0n) is 20.4. The number of sulfonamides is 1. The Morgan fingerprint density at radius 1 is 1.30 bits per heavy atom. The summed E-state index contributed by atoms with van der Waals surface area (Å²) in [4.78, 5) is 15.0. The maximum Gasteiger partial charge on any atom is 0.303 e. The van der Waals surface area contributed by atoms with Gasteiger partial charge in [-0.05, 0) is 56.2 Å². The Balaban J connectivity index is 1.76. The second-order valence-corrected chi connectivity index (χ2v) is 10.1. The van der Waals surface area contributed by atoms with Crippen molar-refractivity contribution in [1.29, 1.82) is 0 Å². The predicted octanol–water partition coefficient (Wildman–Crippen LogP) is 3.83. The van der Waals surface area contributed by atoms with Crippen molar-refractivity contribution in [2.45, 2.75) is 44.2 Å². The van der Waals surface area contributed by atoms with Crippen LogP contribution < -0.4 is 13.8 Å². The van der Waals surface area contributed by atoms with Gasteiger partial charge in [-0.2, -0.15) is 0 Å². The first-order chi connectivity index (χ1) is 17.7. The summed E-state index contributed by atoms with van der Waals surface area (Å²) in [5.41, 5.74) is 0.996. The molecule has 1 N–H and O–H groups in total. The molecule has 12 heteroatoms. The van der Waals surface area contributed by atoms with Gasteiger partial charge in [0.2, 0.25) is 0 Å². The second kappa shape index (κ2) is 11.0. The first-order valence-corrected chi connectivity index (χ1v) is 13.2. The fourth-order valence-corrected chi connectivity index (χ4v) is 5.45. The van der Waals surface area contributed by atoms with Crippen LogP contribution in [0.5, 0.6) is 11.6 Å². The highest BCUT2D eigenvalue weighted by Crippen LogP contribution is 2.40. The Morgan fingerprint density at radius 3 is 2.81 bits per heavy atom. The molecule has 0 saturated heterocycles. The molecule has 0 spiro atoms. The first kappa shape index (κ1) is 26.1. The summed E-state index contributed by atoms with van der Waals surface area (Å²) in [6.07, 6.45) is 5.26. The molecule has 0 aliphatic carbocycles. The maximum absolute atomic E-state index is 14.0. The molecule has 1 aliphatic rings. The van der Waals surface area contributed by atoms with Crippen molar-refractivity contribution in [1.82, 2.24) is 14.8 Å². The molecule has 196 valence electrons. The van der Waals surface area contributed by atoms with Crippen molar-refractivity contribution in [3.63, 3.8) is 0 Å². The van der Waals surface area contributed by atoms with E-state index in [9.17, 15) is 17.6 Å². The third-order valence-corrected chi connectivity index (χ3v) is 7.45. The molecule has 0 unspecified atom stereocenters. The summed E-state index contributed by atoms with van der Waals surface area (Å²) in [5, 5.41) is 13.4. The monoisotopic (exact) mass is 530 g/mol. The van der Waals surface area contributed by atoms with Gasteiger partial charge in [0.15, 0.2) is 4.90 Å². The zero-order valence-corrected chi connectivity index (χ0v) is 21.2. The van der Waals surface area contributed by atoms with Crippen LogP contribution in [0.2, 0.25) is 0 Å². The topological polar surface area (TPSA) is 124 Å². The minimum atomic E-state index is -4.18. The average molecular weight is 531 g/mol. The Morgan fingerprint density at radius 2 is 2.11 bits per heavy atom. The molecule has 0 amide bonds. The number of hydrogen-bond donors (Lipinski definition) is 1. The second-order valence-electron chi connectivity index (χ2n) is 8.23. The van der Waals surface area contributed by atoms with Gasteiger partial charge in [0.1, 0.15) is 17.7 Å². The number of anilines is 1. The number of nitrogens with zero attached hydrogens (tertiary/aromatic N) is 4. The number of aryl methyl sites for hydroxylation is 1. The summed E-state index contributed by atoms with van der Waals surface area (Å²) in [5.74, 6) is -1.22. The van der Waals surface area contributed by atoms with E-state index in [0.29, 0.717) is 12.1 Å². The number of fused-ring (bicyclic) bond motifs is 1. The van der Waals surface area contributed by atoms with Crippen LogP contribution in [0.15, 0.2) is 47.6 Å². The predicted molar refractivity (Wildman–Crippen MR) is 134 cm³/mol. The van der Waals surface area contributed by atoms with E-state index in [2.05, 4.69) is 10.1 Å². The molecule has 37 heavy (non-hydrogen) atoms. The average Bonchev–Trinajstić information content (AvgIpc) is 3.30. The molecule has 1 aromatic carbocycles. The van der Waals surface area contributed by atoms with E-state index in [0.717, 1.165) is 0 Å². The molecule has 10 nitrogen and oxygen atoms in total. The van der Waals surface area contributed by atoms with Crippen LogP contribution in [0.4, 0.5) is 10.1 Å². The lowest BCUT2D eigenvalue weighted by Gasteiger charge is -2.35. The quantitative estimate of drug-likeness (QED) is 0.420. The summed E-state index contributed by atoms with van der Waals surface area (Å²) in [6.45, 7) is 4.12. The number of aromatic nitrogens is 3. The number of pyridine rings is 1. The minimum Gasteiger partial charge on any atom is -0.486 e. The number of rotatable bonds is 10. The van der Waals surface area contributed by atoms with Gasteiger partial charge in [-0.25, -0.2) is 12.8 Å². The van der Waals surface area contributed by atoms with Crippen molar-refractivity contribution in [2.75, 3.05) is 17.5 Å². The van der Waals surface area contributed by atoms with Crippen LogP contribution in [0.1, 0.15) is 37.9 Å². The van der Waals surface area contributed by atoms with Crippen LogP contribution in [0.3, 0.4) is 0 Å². The molecular formula is C25H27FN4O6S. The van der Waals surface area contributed by atoms with Crippen LogP contribution in [-0.2, 0) is 21.4 Å². The molecule has 0 bridgehead atoms. The Labute approximate surface area is 214 Å². The first-order valence-electron chi connectivity index (χ1n) is 11.8. The third kappa shape index (κ3) is 5.74. The van der Waals surface area contributed by atoms with Gasteiger partial charge < -0.3 is 14.6 Å². The van der Waals surface area contributed by atoms with Crippen molar-refractivity contribution in [3.05, 3.63) is 59.8 Å². The number of carboxylic acids is 1. The van der Waals surface area contributed by atoms with Crippen LogP contribution in [0, 0.1) is 5.82 Å². The number of carbonyl (C=O) groups is 1. The van der Waals surface area contributed by atoms with Crippen LogP contribution >= 0.6 is 0 Å². The van der Waals surface area contributed by atoms with E-state index in [1.807, 2.05) is 6.92 Å². The highest BCUT2D eigenvalue weighted by molar-refractivity contribution is 7.93. The van der Waals surface area contributed by atoms with Gasteiger partial charge in [-0.1, -0.05) is 12.1 Å². The number of hydrogen-bond acceptors (Lipinski definition) is 7. The maximum atomic E-state index is 14.0. The van der Waals surface area contributed by atoms with Crippen molar-refractivity contribution in [3.8, 4) is 11.6 Å². The van der Waals surface area contributed by atoms with Crippen LogP contribution in [-0.4, -0.2) is 53.5 Å². The van der Waals surface area contributed by atoms with Gasteiger partial charge in [-0.3, -0.25) is 18.8 Å². The van der Waals surface area contributed by atoms with E-state index in [-0.39, 0.29) is 53.9 Å². The van der Waals surface area contributed by atoms with Gasteiger partial charge in [0.05, 0.1) is 24.5 Å². The van der Waals surface area contributed by atoms with Gasteiger partial charge >= 0.3 is 5.97 Å². The SMILES string of the molecule is CCOc1nn(CC)cc1S(=O)(=O)N1C[C@H](CCC(=O)O)Oc2ccc(/C=C/c3ncccc3F)cc21. The van der Waals surface area contributed by atoms with Gasteiger partial charge in [-0.15, -0.1) is 5.10 Å². The van der Waals surface area contributed by atoms with E-state index in [1.54, 1.807) is 31.2 Å². The minimum absolute atomic E-state index is 0.0128. The van der Waals surface area contributed by atoms with Crippen molar-refractivity contribution in [2.24, 2.45) is 0 Å². The Bertz CT molecular complexity index is 1420. The highest BCUT2D eigenvalue weighted by atomic mass is 32.2. The lowest BCUT2D eigenvalue weighted by molar-refractivity contribution is -0.137. The lowest BCUT2D eigenvalue weighted by Crippen LogP contribution is -2.43. The molecule has 2 aromatic heterocycles. The smallest absolute Gasteiger partial charge is 0.303 e. The molecule has 4 rings (SSSR count). The van der Waals surface area contributed by atoms with Crippen LogP contribution in [0.25, 0.3) is 12.2 Å². The van der Waals surface area contributed by atoms with E-state index in [4.69, 9.17) is 14.6 Å². The number of halogens is 1. The molecule has 0 saturated carbocycles. The molecule has 3 heterocycles. The van der Waals surface area contributed by atoms with Gasteiger partial charge in [0, 0.05) is 25.4 Å². The normalized spacial score (nSPS) is 15.4. The zero-order chi connectivity index (χ0) is 26.6. The third-order valence-electron chi connectivity index (χ3n) is 5.68. The van der Waals surface area contributed by atoms with Gasteiger partial charge in [0.25, 0.3) is 15.9 Å². The molecular weight excluding hydrogens is 503 g/mol. The number of aliphatic carboxylic acids is 1. The summed E-state index contributed by atoms with van der Waals surface area (Å²) in [7, 11) is -4.18. The molecule has 0 radical (unpaired) electrons. The molecule has 1 atom stereocenters. The largest absolute Gasteiger partial charge is 0.486 e. The van der Waals surface area contributed by atoms with E-state index >= 15 is 0 Å². The molecule has 0 fully saturated rings. The highest BCUT2D eigenvalue weighted by Gasteiger charge is 2.37. The van der Waals surface area contributed by atoms with Crippen molar-refractivity contribution >= 4 is 33.8 Å². The van der Waals surface area contributed by atoms with E-state index in [1.165, 1.54) is 39.6 Å². The molecule has 3 aromatic rings. The fraction of sp³-hybridized carbons (Fsp3) is 0.320. The fourth-order valence-electron chi connectivity index (χ4n) is 3.87.